The van der Waals surface area contributed by atoms with E-state index in [4.69, 9.17) is 10.5 Å². The van der Waals surface area contributed by atoms with Gasteiger partial charge in [-0.2, -0.15) is 0 Å². The first-order valence-corrected chi connectivity index (χ1v) is 8.02. The number of hydrogen-bond donors (Lipinski definition) is 2. The second-order valence-electron chi connectivity index (χ2n) is 5.89. The van der Waals surface area contributed by atoms with Crippen LogP contribution in [0.3, 0.4) is 0 Å². The van der Waals surface area contributed by atoms with Gasteiger partial charge in [-0.3, -0.25) is 4.79 Å². The average molecular weight is 310 g/mol. The highest BCUT2D eigenvalue weighted by molar-refractivity contribution is 5.79. The van der Waals surface area contributed by atoms with Crippen LogP contribution in [0.2, 0.25) is 0 Å². The van der Waals surface area contributed by atoms with E-state index in [0.29, 0.717) is 25.5 Å². The fourth-order valence-corrected chi connectivity index (χ4v) is 2.79. The lowest BCUT2D eigenvalue weighted by molar-refractivity contribution is -0.120. The molecule has 1 saturated carbocycles. The lowest BCUT2D eigenvalue weighted by Gasteiger charge is -2.08. The Morgan fingerprint density at radius 2 is 2.00 bits per heavy atom. The number of nitrogens with one attached hydrogen (secondary N) is 1. The zero-order valence-corrected chi connectivity index (χ0v) is 13.1. The summed E-state index contributed by atoms with van der Waals surface area (Å²) in [4.78, 5) is 12.2. The third-order valence-corrected chi connectivity index (χ3v) is 4.01. The van der Waals surface area contributed by atoms with E-state index < -0.39 is 0 Å². The normalized spacial score (nSPS) is 19.2. The molecule has 0 radical (unpaired) electrons. The Kier molecular flexibility index (Phi) is 4.93. The van der Waals surface area contributed by atoms with Gasteiger partial charge in [-0.25, -0.2) is 0 Å². The van der Waals surface area contributed by atoms with Crippen LogP contribution in [0.25, 0.3) is 0 Å². The van der Waals surface area contributed by atoms with E-state index in [0.717, 1.165) is 17.7 Å². The Hall–Kier alpha value is -2.33. The van der Waals surface area contributed by atoms with Crippen LogP contribution in [0.5, 0.6) is 5.75 Å². The molecule has 2 atom stereocenters. The summed E-state index contributed by atoms with van der Waals surface area (Å²) in [5.74, 6) is 1.28. The molecular formula is C19H22N2O2. The van der Waals surface area contributed by atoms with Crippen molar-refractivity contribution in [1.82, 2.24) is 5.32 Å². The van der Waals surface area contributed by atoms with E-state index in [1.165, 1.54) is 5.56 Å². The number of ether oxygens (including phenoxy) is 1. The topological polar surface area (TPSA) is 64.3 Å². The lowest BCUT2D eigenvalue weighted by Crippen LogP contribution is -2.28. The predicted octanol–water partition coefficient (Wildman–Crippen LogP) is 2.24. The first-order chi connectivity index (χ1) is 11.3. The monoisotopic (exact) mass is 310 g/mol. The summed E-state index contributed by atoms with van der Waals surface area (Å²) in [6.07, 6.45) is 1.40. The molecule has 1 amide bonds. The Labute approximate surface area is 136 Å². The molecule has 4 nitrogen and oxygen atoms in total. The van der Waals surface area contributed by atoms with Crippen LogP contribution in [-0.4, -0.2) is 25.1 Å². The molecule has 1 aliphatic carbocycles. The van der Waals surface area contributed by atoms with Crippen molar-refractivity contribution in [3.05, 3.63) is 65.7 Å². The molecule has 2 aromatic rings. The predicted molar refractivity (Wildman–Crippen MR) is 90.4 cm³/mol. The minimum atomic E-state index is 0.0596. The maximum atomic E-state index is 12.2. The van der Waals surface area contributed by atoms with Gasteiger partial charge in [-0.15, -0.1) is 0 Å². The van der Waals surface area contributed by atoms with E-state index >= 15 is 0 Å². The molecule has 0 saturated heterocycles. The fourth-order valence-electron chi connectivity index (χ4n) is 2.79. The zero-order chi connectivity index (χ0) is 16.1. The van der Waals surface area contributed by atoms with Crippen LogP contribution >= 0.6 is 0 Å². The van der Waals surface area contributed by atoms with E-state index in [9.17, 15) is 4.79 Å². The highest BCUT2D eigenvalue weighted by Gasteiger charge is 2.39. The average Bonchev–Trinajstić information content (AvgIpc) is 3.33. The standard InChI is InChI=1S/C19H22N2O2/c20-9-10-23-16-8-4-5-14(11-16)12-19(22)21-18-13-17(18)15-6-2-1-3-7-15/h1-8,11,17-18H,9-10,12-13,20H2,(H,21,22)/t17-,18+/m0/s1. The number of amides is 1. The van der Waals surface area contributed by atoms with Gasteiger partial charge in [0.1, 0.15) is 12.4 Å². The number of nitrogens with two attached hydrogens (primary N) is 1. The quantitative estimate of drug-likeness (QED) is 0.824. The minimum Gasteiger partial charge on any atom is -0.492 e. The zero-order valence-electron chi connectivity index (χ0n) is 13.1. The fraction of sp³-hybridized carbons (Fsp3) is 0.316. The van der Waals surface area contributed by atoms with Crippen LogP contribution < -0.4 is 15.8 Å². The lowest BCUT2D eigenvalue weighted by atomic mass is 10.1. The number of carbonyl (C=O) groups excluding carboxylic acids is 1. The summed E-state index contributed by atoms with van der Waals surface area (Å²) in [7, 11) is 0. The summed E-state index contributed by atoms with van der Waals surface area (Å²) in [5, 5.41) is 3.11. The summed E-state index contributed by atoms with van der Waals surface area (Å²) >= 11 is 0. The van der Waals surface area contributed by atoms with Crippen molar-refractivity contribution in [2.75, 3.05) is 13.2 Å². The number of hydrogen-bond acceptors (Lipinski definition) is 3. The van der Waals surface area contributed by atoms with Crippen LogP contribution in [-0.2, 0) is 11.2 Å². The maximum Gasteiger partial charge on any atom is 0.224 e. The molecule has 23 heavy (non-hydrogen) atoms. The highest BCUT2D eigenvalue weighted by Crippen LogP contribution is 2.40. The highest BCUT2D eigenvalue weighted by atomic mass is 16.5. The van der Waals surface area contributed by atoms with Gasteiger partial charge in [-0.1, -0.05) is 42.5 Å². The Morgan fingerprint density at radius 1 is 1.17 bits per heavy atom. The second kappa shape index (κ2) is 7.29. The number of rotatable bonds is 7. The van der Waals surface area contributed by atoms with Crippen molar-refractivity contribution in [2.24, 2.45) is 5.73 Å². The van der Waals surface area contributed by atoms with Crippen molar-refractivity contribution in [3.8, 4) is 5.75 Å². The SMILES string of the molecule is NCCOc1cccc(CC(=O)N[C@@H]2C[C@H]2c2ccccc2)c1. The number of benzene rings is 2. The largest absolute Gasteiger partial charge is 0.492 e. The molecule has 0 aromatic heterocycles. The van der Waals surface area contributed by atoms with Crippen molar-refractivity contribution in [3.63, 3.8) is 0 Å². The molecular weight excluding hydrogens is 288 g/mol. The first kappa shape index (κ1) is 15.6. The van der Waals surface area contributed by atoms with E-state index in [-0.39, 0.29) is 11.9 Å². The molecule has 0 aliphatic heterocycles. The molecule has 0 heterocycles. The van der Waals surface area contributed by atoms with Crippen LogP contribution in [0.15, 0.2) is 54.6 Å². The van der Waals surface area contributed by atoms with Gasteiger partial charge in [0.25, 0.3) is 0 Å². The van der Waals surface area contributed by atoms with E-state index in [1.54, 1.807) is 0 Å². The molecule has 3 rings (SSSR count). The summed E-state index contributed by atoms with van der Waals surface area (Å²) < 4.78 is 5.49. The Balaban J connectivity index is 1.50. The molecule has 120 valence electrons. The maximum absolute atomic E-state index is 12.2. The third kappa shape index (κ3) is 4.33. The smallest absolute Gasteiger partial charge is 0.224 e. The van der Waals surface area contributed by atoms with Crippen LogP contribution in [0.4, 0.5) is 0 Å². The minimum absolute atomic E-state index is 0.0596. The van der Waals surface area contributed by atoms with Crippen molar-refractivity contribution in [1.29, 1.82) is 0 Å². The Morgan fingerprint density at radius 3 is 2.78 bits per heavy atom. The van der Waals surface area contributed by atoms with Crippen molar-refractivity contribution in [2.45, 2.75) is 24.8 Å². The van der Waals surface area contributed by atoms with Gasteiger partial charge >= 0.3 is 0 Å². The number of carbonyl (C=O) groups is 1. The molecule has 3 N–H and O–H groups in total. The van der Waals surface area contributed by atoms with E-state index in [1.807, 2.05) is 42.5 Å². The first-order valence-electron chi connectivity index (χ1n) is 8.02. The van der Waals surface area contributed by atoms with Crippen LogP contribution in [0.1, 0.15) is 23.5 Å². The Bertz CT molecular complexity index is 657. The summed E-state index contributed by atoms with van der Waals surface area (Å²) in [6.45, 7) is 0.962. The molecule has 2 aromatic carbocycles. The molecule has 1 aliphatic rings. The van der Waals surface area contributed by atoms with Crippen LogP contribution in [0, 0.1) is 0 Å². The molecule has 0 unspecified atom stereocenters. The molecule has 4 heteroatoms. The third-order valence-electron chi connectivity index (χ3n) is 4.01. The second-order valence-corrected chi connectivity index (χ2v) is 5.89. The molecule has 1 fully saturated rings. The summed E-state index contributed by atoms with van der Waals surface area (Å²) in [6, 6.07) is 18.2. The van der Waals surface area contributed by atoms with Gasteiger partial charge in [0, 0.05) is 18.5 Å². The van der Waals surface area contributed by atoms with Gasteiger partial charge in [0.2, 0.25) is 5.91 Å². The van der Waals surface area contributed by atoms with Gasteiger partial charge in [-0.05, 0) is 29.7 Å². The van der Waals surface area contributed by atoms with Crippen molar-refractivity contribution < 1.29 is 9.53 Å². The molecule has 0 bridgehead atoms. The van der Waals surface area contributed by atoms with Gasteiger partial charge < -0.3 is 15.8 Å². The summed E-state index contributed by atoms with van der Waals surface area (Å²) in [5.41, 5.74) is 7.68. The van der Waals surface area contributed by atoms with Crippen molar-refractivity contribution >= 4 is 5.91 Å². The van der Waals surface area contributed by atoms with E-state index in [2.05, 4.69) is 17.4 Å². The van der Waals surface area contributed by atoms with Gasteiger partial charge in [0.05, 0.1) is 6.42 Å². The molecule has 0 spiro atoms. The van der Waals surface area contributed by atoms with Gasteiger partial charge in [0.15, 0.2) is 0 Å².